The third kappa shape index (κ3) is 3.54. The zero-order chi connectivity index (χ0) is 14.4. The van der Waals surface area contributed by atoms with Crippen LogP contribution >= 0.6 is 0 Å². The van der Waals surface area contributed by atoms with Crippen LogP contribution in [0.2, 0.25) is 0 Å². The molecule has 106 valence electrons. The highest BCUT2D eigenvalue weighted by Crippen LogP contribution is 2.25. The number of nitrogens with zero attached hydrogens (tertiary/aromatic N) is 1. The minimum Gasteiger partial charge on any atom is -0.495 e. The number of likely N-dealkylation sites (N-methyl/N-ethyl adjacent to an activating group) is 1. The lowest BCUT2D eigenvalue weighted by Crippen LogP contribution is -2.24. The summed E-state index contributed by atoms with van der Waals surface area (Å²) in [6.07, 6.45) is 2.49. The molecule has 1 aromatic heterocycles. The number of aromatic nitrogens is 1. The summed E-state index contributed by atoms with van der Waals surface area (Å²) in [5, 5.41) is 3.40. The summed E-state index contributed by atoms with van der Waals surface area (Å²) in [4.78, 5) is 4.42. The molecule has 20 heavy (non-hydrogen) atoms. The van der Waals surface area contributed by atoms with Crippen molar-refractivity contribution in [3.8, 4) is 5.75 Å². The van der Waals surface area contributed by atoms with Gasteiger partial charge in [0.2, 0.25) is 0 Å². The van der Waals surface area contributed by atoms with E-state index in [1.807, 2.05) is 19.1 Å². The topological polar surface area (TPSA) is 34.2 Å². The molecule has 0 amide bonds. The summed E-state index contributed by atoms with van der Waals surface area (Å²) >= 11 is 0. The maximum Gasteiger partial charge on any atom is 0.141 e. The number of hydrogen-bond acceptors (Lipinski definition) is 3. The first kappa shape index (κ1) is 14.5. The Morgan fingerprint density at radius 1 is 1.25 bits per heavy atom. The van der Waals surface area contributed by atoms with E-state index >= 15 is 0 Å². The van der Waals surface area contributed by atoms with Gasteiger partial charge in [0.05, 0.1) is 18.8 Å². The molecule has 0 aliphatic heterocycles. The first-order valence-electron chi connectivity index (χ1n) is 6.71. The van der Waals surface area contributed by atoms with E-state index in [9.17, 15) is 4.39 Å². The van der Waals surface area contributed by atoms with Crippen LogP contribution in [-0.4, -0.2) is 18.6 Å². The molecular formula is C16H19FN2O. The normalized spacial score (nSPS) is 12.2. The molecule has 0 fully saturated rings. The number of halogens is 1. The van der Waals surface area contributed by atoms with Crippen molar-refractivity contribution in [3.63, 3.8) is 0 Å². The Hall–Kier alpha value is -1.94. The number of rotatable bonds is 6. The van der Waals surface area contributed by atoms with Crippen molar-refractivity contribution in [2.24, 2.45) is 0 Å². The van der Waals surface area contributed by atoms with Crippen molar-refractivity contribution < 1.29 is 9.13 Å². The largest absolute Gasteiger partial charge is 0.495 e. The molecule has 1 heterocycles. The van der Waals surface area contributed by atoms with Crippen molar-refractivity contribution in [2.45, 2.75) is 19.4 Å². The van der Waals surface area contributed by atoms with Gasteiger partial charge in [-0.1, -0.05) is 19.1 Å². The molecule has 0 aliphatic carbocycles. The van der Waals surface area contributed by atoms with Crippen LogP contribution in [0.1, 0.15) is 24.2 Å². The standard InChI is InChI=1S/C16H19FN2O/c1-3-18-14(11-12-6-8-13(17)9-7-12)16-15(20-2)5-4-10-19-16/h4-10,14,18H,3,11H2,1-2H3. The van der Waals surface area contributed by atoms with E-state index < -0.39 is 0 Å². The lowest BCUT2D eigenvalue weighted by Gasteiger charge is -2.19. The van der Waals surface area contributed by atoms with Gasteiger partial charge in [-0.2, -0.15) is 0 Å². The molecule has 0 saturated heterocycles. The maximum absolute atomic E-state index is 13.0. The number of pyridine rings is 1. The van der Waals surface area contributed by atoms with Gasteiger partial charge < -0.3 is 10.1 Å². The highest BCUT2D eigenvalue weighted by Gasteiger charge is 2.17. The number of hydrogen-bond donors (Lipinski definition) is 1. The quantitative estimate of drug-likeness (QED) is 0.878. The van der Waals surface area contributed by atoms with E-state index in [1.165, 1.54) is 12.1 Å². The second-order valence-electron chi connectivity index (χ2n) is 4.53. The zero-order valence-electron chi connectivity index (χ0n) is 11.8. The van der Waals surface area contributed by atoms with E-state index in [1.54, 1.807) is 25.4 Å². The number of benzene rings is 1. The molecule has 2 rings (SSSR count). The Balaban J connectivity index is 2.24. The summed E-state index contributed by atoms with van der Waals surface area (Å²) < 4.78 is 18.3. The molecule has 0 bridgehead atoms. The number of nitrogens with one attached hydrogen (secondary N) is 1. The van der Waals surface area contributed by atoms with Gasteiger partial charge >= 0.3 is 0 Å². The second kappa shape index (κ2) is 7.01. The average Bonchev–Trinajstić information content (AvgIpc) is 2.49. The predicted octanol–water partition coefficient (Wildman–Crippen LogP) is 3.12. The SMILES string of the molecule is CCNC(Cc1ccc(F)cc1)c1ncccc1OC. The Kier molecular flexibility index (Phi) is 5.07. The van der Waals surface area contributed by atoms with Gasteiger partial charge in [-0.15, -0.1) is 0 Å². The van der Waals surface area contributed by atoms with E-state index in [2.05, 4.69) is 10.3 Å². The fourth-order valence-corrected chi connectivity index (χ4v) is 2.21. The van der Waals surface area contributed by atoms with Crippen LogP contribution in [0.4, 0.5) is 4.39 Å². The van der Waals surface area contributed by atoms with Gasteiger partial charge in [0.15, 0.2) is 0 Å². The molecule has 1 atom stereocenters. The highest BCUT2D eigenvalue weighted by atomic mass is 19.1. The van der Waals surface area contributed by atoms with Crippen LogP contribution in [0.3, 0.4) is 0 Å². The summed E-state index contributed by atoms with van der Waals surface area (Å²) in [6, 6.07) is 10.4. The Labute approximate surface area is 118 Å². The van der Waals surface area contributed by atoms with Crippen molar-refractivity contribution in [1.82, 2.24) is 10.3 Å². The van der Waals surface area contributed by atoms with Crippen LogP contribution in [0.5, 0.6) is 5.75 Å². The molecule has 0 saturated carbocycles. The first-order chi connectivity index (χ1) is 9.74. The molecule has 2 aromatic rings. The summed E-state index contributed by atoms with van der Waals surface area (Å²) in [7, 11) is 1.64. The van der Waals surface area contributed by atoms with Gasteiger partial charge in [0, 0.05) is 6.20 Å². The number of methoxy groups -OCH3 is 1. The van der Waals surface area contributed by atoms with Crippen molar-refractivity contribution in [3.05, 3.63) is 59.7 Å². The third-order valence-corrected chi connectivity index (χ3v) is 3.15. The Morgan fingerprint density at radius 2 is 2.00 bits per heavy atom. The van der Waals surface area contributed by atoms with Crippen LogP contribution in [-0.2, 0) is 6.42 Å². The van der Waals surface area contributed by atoms with Gasteiger partial charge in [0.1, 0.15) is 11.6 Å². The van der Waals surface area contributed by atoms with Gasteiger partial charge in [-0.25, -0.2) is 4.39 Å². The summed E-state index contributed by atoms with van der Waals surface area (Å²) in [5.74, 6) is 0.546. The molecule has 1 N–H and O–H groups in total. The highest BCUT2D eigenvalue weighted by molar-refractivity contribution is 5.31. The molecule has 1 aromatic carbocycles. The van der Waals surface area contributed by atoms with E-state index in [0.717, 1.165) is 30.0 Å². The van der Waals surface area contributed by atoms with Crippen LogP contribution in [0.15, 0.2) is 42.6 Å². The van der Waals surface area contributed by atoms with E-state index in [0.29, 0.717) is 0 Å². The minimum absolute atomic E-state index is 0.0432. The molecular weight excluding hydrogens is 255 g/mol. The predicted molar refractivity (Wildman–Crippen MR) is 77.3 cm³/mol. The molecule has 4 heteroatoms. The monoisotopic (exact) mass is 274 g/mol. The van der Waals surface area contributed by atoms with Crippen molar-refractivity contribution in [1.29, 1.82) is 0 Å². The fourth-order valence-electron chi connectivity index (χ4n) is 2.21. The first-order valence-corrected chi connectivity index (χ1v) is 6.71. The lowest BCUT2D eigenvalue weighted by molar-refractivity contribution is 0.394. The zero-order valence-corrected chi connectivity index (χ0v) is 11.8. The van der Waals surface area contributed by atoms with Gasteiger partial charge in [0.25, 0.3) is 0 Å². The average molecular weight is 274 g/mol. The number of ether oxygens (including phenoxy) is 1. The second-order valence-corrected chi connectivity index (χ2v) is 4.53. The summed E-state index contributed by atoms with van der Waals surface area (Å²) in [5.41, 5.74) is 1.94. The molecule has 0 spiro atoms. The van der Waals surface area contributed by atoms with Crippen molar-refractivity contribution in [2.75, 3.05) is 13.7 Å². The van der Waals surface area contributed by atoms with Crippen LogP contribution < -0.4 is 10.1 Å². The van der Waals surface area contributed by atoms with Crippen molar-refractivity contribution >= 4 is 0 Å². The molecule has 1 unspecified atom stereocenters. The Morgan fingerprint density at radius 3 is 2.65 bits per heavy atom. The van der Waals surface area contributed by atoms with E-state index in [-0.39, 0.29) is 11.9 Å². The third-order valence-electron chi connectivity index (χ3n) is 3.15. The lowest BCUT2D eigenvalue weighted by atomic mass is 10.0. The smallest absolute Gasteiger partial charge is 0.141 e. The minimum atomic E-state index is -0.218. The van der Waals surface area contributed by atoms with Crippen LogP contribution in [0, 0.1) is 5.82 Å². The molecule has 3 nitrogen and oxygen atoms in total. The summed E-state index contributed by atoms with van der Waals surface area (Å²) in [6.45, 7) is 2.87. The molecule has 0 radical (unpaired) electrons. The fraction of sp³-hybridized carbons (Fsp3) is 0.312. The van der Waals surface area contributed by atoms with E-state index in [4.69, 9.17) is 4.74 Å². The van der Waals surface area contributed by atoms with Gasteiger partial charge in [-0.3, -0.25) is 4.98 Å². The Bertz CT molecular complexity index is 542. The maximum atomic E-state index is 13.0. The molecule has 0 aliphatic rings. The van der Waals surface area contributed by atoms with Gasteiger partial charge in [-0.05, 0) is 42.8 Å². The van der Waals surface area contributed by atoms with Crippen LogP contribution in [0.25, 0.3) is 0 Å².